The number of nitriles is 2. The zero-order valence-corrected chi connectivity index (χ0v) is 8.83. The van der Waals surface area contributed by atoms with E-state index in [1.54, 1.807) is 6.20 Å². The Morgan fingerprint density at radius 2 is 1.88 bits per heavy atom. The van der Waals surface area contributed by atoms with Gasteiger partial charge in [-0.25, -0.2) is 0 Å². The van der Waals surface area contributed by atoms with E-state index in [0.29, 0.717) is 0 Å². The van der Waals surface area contributed by atoms with Crippen molar-refractivity contribution in [2.75, 3.05) is 7.05 Å². The van der Waals surface area contributed by atoms with Crippen LogP contribution in [0.2, 0.25) is 0 Å². The van der Waals surface area contributed by atoms with E-state index in [1.807, 2.05) is 59.5 Å². The van der Waals surface area contributed by atoms with Crippen LogP contribution in [-0.2, 0) is 0 Å². The molecule has 0 radical (unpaired) electrons. The summed E-state index contributed by atoms with van der Waals surface area (Å²) in [5.41, 5.74) is 1.27. The molecule has 2 unspecified atom stereocenters. The lowest BCUT2D eigenvalue weighted by atomic mass is 10.2. The first-order chi connectivity index (χ1) is 7.77. The molecule has 1 fully saturated rings. The molecule has 1 aromatic rings. The fourth-order valence-electron chi connectivity index (χ4n) is 1.64. The molecule has 0 aliphatic carbocycles. The van der Waals surface area contributed by atoms with Gasteiger partial charge in [0.25, 0.3) is 0 Å². The van der Waals surface area contributed by atoms with Crippen LogP contribution < -0.4 is 0 Å². The molecule has 0 spiro atoms. The van der Waals surface area contributed by atoms with Gasteiger partial charge < -0.3 is 0 Å². The fourth-order valence-corrected chi connectivity index (χ4v) is 1.64. The van der Waals surface area contributed by atoms with Crippen LogP contribution in [0.5, 0.6) is 0 Å². The van der Waals surface area contributed by atoms with Crippen molar-refractivity contribution in [3.05, 3.63) is 47.7 Å². The summed E-state index contributed by atoms with van der Waals surface area (Å²) >= 11 is 0. The van der Waals surface area contributed by atoms with Crippen molar-refractivity contribution >= 4 is 0 Å². The predicted molar refractivity (Wildman–Crippen MR) is 58.1 cm³/mol. The number of hydrogen-bond acceptors (Lipinski definition) is 4. The first-order valence-corrected chi connectivity index (χ1v) is 4.86. The third-order valence-corrected chi connectivity index (χ3v) is 2.51. The van der Waals surface area contributed by atoms with Gasteiger partial charge in [-0.1, -0.05) is 30.3 Å². The summed E-state index contributed by atoms with van der Waals surface area (Å²) in [6.07, 6.45) is 1.70. The van der Waals surface area contributed by atoms with Crippen molar-refractivity contribution in [2.45, 2.75) is 6.17 Å². The molecule has 2 rings (SSSR count). The SMILES string of the molecule is CN1C(c2ccccc2)N1C=C(C#N)C#N. The minimum Gasteiger partial charge on any atom is -0.285 e. The van der Waals surface area contributed by atoms with Gasteiger partial charge in [0.1, 0.15) is 23.9 Å². The summed E-state index contributed by atoms with van der Waals surface area (Å²) < 4.78 is 0. The molecule has 1 aromatic carbocycles. The standard InChI is InChI=1S/C12H10N4/c1-15-12(11-5-3-2-4-6-11)16(15)9-10(7-13)8-14/h2-6,9,12H,1H3. The highest BCUT2D eigenvalue weighted by molar-refractivity contribution is 5.36. The van der Waals surface area contributed by atoms with Gasteiger partial charge in [0.05, 0.1) is 0 Å². The van der Waals surface area contributed by atoms with Crippen LogP contribution in [0.3, 0.4) is 0 Å². The van der Waals surface area contributed by atoms with Crippen molar-refractivity contribution in [3.8, 4) is 12.1 Å². The van der Waals surface area contributed by atoms with Gasteiger partial charge in [0, 0.05) is 13.2 Å². The summed E-state index contributed by atoms with van der Waals surface area (Å²) in [5, 5.41) is 21.1. The second-order valence-corrected chi connectivity index (χ2v) is 3.50. The van der Waals surface area contributed by atoms with E-state index in [4.69, 9.17) is 10.5 Å². The number of nitrogens with zero attached hydrogens (tertiary/aromatic N) is 4. The molecule has 1 aliphatic heterocycles. The maximum atomic E-state index is 8.66. The molecule has 0 aromatic heterocycles. The molecule has 2 atom stereocenters. The molecular formula is C12H10N4. The maximum absolute atomic E-state index is 8.66. The normalized spacial score (nSPS) is 21.8. The Hall–Kier alpha value is -2.30. The Morgan fingerprint density at radius 1 is 1.25 bits per heavy atom. The van der Waals surface area contributed by atoms with Crippen LogP contribution in [0.1, 0.15) is 11.7 Å². The summed E-state index contributed by atoms with van der Waals surface area (Å²) in [5.74, 6) is 0. The Bertz CT molecular complexity index is 476. The van der Waals surface area contributed by atoms with Crippen LogP contribution in [0.4, 0.5) is 0 Å². The van der Waals surface area contributed by atoms with Crippen LogP contribution in [-0.4, -0.2) is 17.1 Å². The van der Waals surface area contributed by atoms with Gasteiger partial charge in [0.2, 0.25) is 0 Å². The molecular weight excluding hydrogens is 200 g/mol. The molecule has 1 saturated heterocycles. The lowest BCUT2D eigenvalue weighted by Crippen LogP contribution is -1.93. The van der Waals surface area contributed by atoms with Crippen molar-refractivity contribution in [1.82, 2.24) is 10.0 Å². The van der Waals surface area contributed by atoms with Crippen LogP contribution in [0.25, 0.3) is 0 Å². The van der Waals surface area contributed by atoms with E-state index < -0.39 is 0 Å². The molecule has 4 heteroatoms. The van der Waals surface area contributed by atoms with E-state index in [0.717, 1.165) is 5.56 Å². The van der Waals surface area contributed by atoms with Gasteiger partial charge in [-0.2, -0.15) is 15.5 Å². The number of hydrazine groups is 1. The van der Waals surface area contributed by atoms with Crippen LogP contribution in [0, 0.1) is 22.7 Å². The van der Waals surface area contributed by atoms with Gasteiger partial charge in [0.15, 0.2) is 0 Å². The molecule has 78 valence electrons. The van der Waals surface area contributed by atoms with E-state index in [2.05, 4.69) is 0 Å². The predicted octanol–water partition coefficient (Wildman–Crippen LogP) is 1.78. The highest BCUT2D eigenvalue weighted by Gasteiger charge is 2.41. The van der Waals surface area contributed by atoms with E-state index >= 15 is 0 Å². The minimum absolute atomic E-state index is 0.116. The van der Waals surface area contributed by atoms with Gasteiger partial charge in [-0.15, -0.1) is 0 Å². The van der Waals surface area contributed by atoms with Gasteiger partial charge >= 0.3 is 0 Å². The molecule has 0 bridgehead atoms. The lowest BCUT2D eigenvalue weighted by molar-refractivity contribution is 0.446. The fraction of sp³-hybridized carbons (Fsp3) is 0.167. The van der Waals surface area contributed by atoms with Crippen molar-refractivity contribution < 1.29 is 0 Å². The second kappa shape index (κ2) is 4.06. The van der Waals surface area contributed by atoms with E-state index in [9.17, 15) is 0 Å². The Labute approximate surface area is 94.2 Å². The van der Waals surface area contributed by atoms with Crippen LogP contribution >= 0.6 is 0 Å². The molecule has 0 saturated carbocycles. The van der Waals surface area contributed by atoms with Gasteiger partial charge in [-0.3, -0.25) is 5.01 Å². The quantitative estimate of drug-likeness (QED) is 0.551. The van der Waals surface area contributed by atoms with Gasteiger partial charge in [-0.05, 0) is 5.56 Å². The summed E-state index contributed by atoms with van der Waals surface area (Å²) in [7, 11) is 1.92. The average molecular weight is 210 g/mol. The summed E-state index contributed by atoms with van der Waals surface area (Å²) in [6, 6.07) is 13.6. The molecule has 1 heterocycles. The monoisotopic (exact) mass is 210 g/mol. The number of hydrogen-bond donors (Lipinski definition) is 0. The topological polar surface area (TPSA) is 53.6 Å². The summed E-state index contributed by atoms with van der Waals surface area (Å²) in [4.78, 5) is 0. The third-order valence-electron chi connectivity index (χ3n) is 2.51. The minimum atomic E-state index is 0.116. The largest absolute Gasteiger partial charge is 0.285 e. The zero-order valence-electron chi connectivity index (χ0n) is 8.83. The lowest BCUT2D eigenvalue weighted by Gasteiger charge is -1.94. The molecule has 4 nitrogen and oxygen atoms in total. The maximum Gasteiger partial charge on any atom is 0.147 e. The first-order valence-electron chi connectivity index (χ1n) is 4.86. The average Bonchev–Trinajstić information content (AvgIpc) is 2.97. The Kier molecular flexibility index (Phi) is 2.59. The summed E-state index contributed by atoms with van der Waals surface area (Å²) in [6.45, 7) is 0. The highest BCUT2D eigenvalue weighted by atomic mass is 15.8. The Balaban J connectivity index is 2.17. The van der Waals surface area contributed by atoms with Crippen LogP contribution in [0.15, 0.2) is 42.1 Å². The van der Waals surface area contributed by atoms with Crippen molar-refractivity contribution in [3.63, 3.8) is 0 Å². The zero-order chi connectivity index (χ0) is 11.5. The first kappa shape index (κ1) is 10.2. The molecule has 16 heavy (non-hydrogen) atoms. The molecule has 0 N–H and O–H groups in total. The smallest absolute Gasteiger partial charge is 0.147 e. The number of benzene rings is 1. The van der Waals surface area contributed by atoms with E-state index in [-0.39, 0.29) is 11.7 Å². The molecule has 0 amide bonds. The van der Waals surface area contributed by atoms with Crippen molar-refractivity contribution in [1.29, 1.82) is 10.5 Å². The number of rotatable bonds is 2. The number of allylic oxidation sites excluding steroid dienone is 1. The second-order valence-electron chi connectivity index (χ2n) is 3.50. The highest BCUT2D eigenvalue weighted by Crippen LogP contribution is 2.39. The van der Waals surface area contributed by atoms with E-state index in [1.165, 1.54) is 0 Å². The molecule has 1 aliphatic rings. The van der Waals surface area contributed by atoms with Crippen molar-refractivity contribution in [2.24, 2.45) is 0 Å². The third kappa shape index (κ3) is 1.75. The Morgan fingerprint density at radius 3 is 2.44 bits per heavy atom.